The van der Waals surface area contributed by atoms with E-state index in [-0.39, 0.29) is 6.03 Å². The van der Waals surface area contributed by atoms with Crippen LogP contribution < -0.4 is 16.1 Å². The fourth-order valence-corrected chi connectivity index (χ4v) is 1.39. The number of anilines is 2. The molecular weight excluding hydrogens is 335 g/mol. The highest BCUT2D eigenvalue weighted by molar-refractivity contribution is 14.1. The van der Waals surface area contributed by atoms with E-state index >= 15 is 0 Å². The summed E-state index contributed by atoms with van der Waals surface area (Å²) in [6.07, 6.45) is 0.654. The molecule has 3 N–H and O–H groups in total. The third-order valence-electron chi connectivity index (χ3n) is 1.81. The summed E-state index contributed by atoms with van der Waals surface area (Å²) in [6, 6.07) is 6.77. The fourth-order valence-electron chi connectivity index (χ4n) is 1.11. The molecule has 0 radical (unpaired) electrons. The molecule has 0 saturated carbocycles. The zero-order valence-electron chi connectivity index (χ0n) is 9.24. The molecular formula is C10H13IN4O2. The summed E-state index contributed by atoms with van der Waals surface area (Å²) in [5.74, 6) is 0. The number of rotatable bonds is 5. The van der Waals surface area contributed by atoms with Gasteiger partial charge in [-0.3, -0.25) is 10.2 Å². The van der Waals surface area contributed by atoms with Crippen LogP contribution in [0.1, 0.15) is 6.92 Å². The molecule has 0 aromatic heterocycles. The molecule has 0 heterocycles. The van der Waals surface area contributed by atoms with Gasteiger partial charge in [0.1, 0.15) is 0 Å². The minimum absolute atomic E-state index is 0.239. The number of carbonyl (C=O) groups is 2. The molecule has 7 heteroatoms. The molecule has 0 atom stereocenters. The summed E-state index contributed by atoms with van der Waals surface area (Å²) in [4.78, 5) is 21.6. The van der Waals surface area contributed by atoms with Gasteiger partial charge in [0, 0.05) is 12.2 Å². The van der Waals surface area contributed by atoms with Crippen LogP contribution in [0.4, 0.5) is 16.2 Å². The van der Waals surface area contributed by atoms with E-state index in [0.717, 1.165) is 5.69 Å². The number of hydrazine groups is 1. The van der Waals surface area contributed by atoms with Crippen molar-refractivity contribution in [3.05, 3.63) is 24.3 Å². The average molecular weight is 348 g/mol. The van der Waals surface area contributed by atoms with Crippen LogP contribution >= 0.6 is 22.9 Å². The van der Waals surface area contributed by atoms with E-state index in [1.54, 1.807) is 24.3 Å². The van der Waals surface area contributed by atoms with Crippen molar-refractivity contribution in [1.82, 2.24) is 8.54 Å². The number of hydrogen-bond acceptors (Lipinski definition) is 3. The highest BCUT2D eigenvalue weighted by Gasteiger charge is 2.00. The van der Waals surface area contributed by atoms with Gasteiger partial charge >= 0.3 is 6.03 Å². The second kappa shape index (κ2) is 6.94. The van der Waals surface area contributed by atoms with Crippen molar-refractivity contribution in [1.29, 1.82) is 0 Å². The van der Waals surface area contributed by atoms with E-state index in [0.29, 0.717) is 18.6 Å². The van der Waals surface area contributed by atoms with Crippen molar-refractivity contribution in [3.8, 4) is 0 Å². The van der Waals surface area contributed by atoms with E-state index in [1.165, 1.54) is 3.22 Å². The van der Waals surface area contributed by atoms with Crippen LogP contribution in [0.25, 0.3) is 0 Å². The minimum atomic E-state index is -0.239. The number of carbonyl (C=O) groups excluding carboxylic acids is 2. The van der Waals surface area contributed by atoms with Crippen molar-refractivity contribution < 1.29 is 9.59 Å². The largest absolute Gasteiger partial charge is 0.338 e. The lowest BCUT2D eigenvalue weighted by Crippen LogP contribution is -2.28. The highest BCUT2D eigenvalue weighted by Crippen LogP contribution is 2.14. The number of urea groups is 1. The lowest BCUT2D eigenvalue weighted by molar-refractivity contribution is -0.112. The van der Waals surface area contributed by atoms with Crippen LogP contribution in [-0.4, -0.2) is 22.2 Å². The molecule has 0 aliphatic carbocycles. The maximum Gasteiger partial charge on any atom is 0.319 e. The van der Waals surface area contributed by atoms with Gasteiger partial charge in [0.2, 0.25) is 6.41 Å². The molecule has 0 aliphatic heterocycles. The molecule has 1 aromatic rings. The first-order valence-electron chi connectivity index (χ1n) is 4.97. The molecule has 6 nitrogen and oxygen atoms in total. The van der Waals surface area contributed by atoms with Gasteiger partial charge in [0.25, 0.3) is 0 Å². The Hall–Kier alpha value is -1.51. The summed E-state index contributed by atoms with van der Waals surface area (Å²) in [6.45, 7) is 2.43. The summed E-state index contributed by atoms with van der Waals surface area (Å²) < 4.78 is 1.27. The predicted octanol–water partition coefficient (Wildman–Crippen LogP) is 1.96. The number of nitrogens with one attached hydrogen (secondary N) is 3. The lowest BCUT2D eigenvalue weighted by Gasteiger charge is -2.12. The lowest BCUT2D eigenvalue weighted by atomic mass is 10.3. The fraction of sp³-hybridized carbons (Fsp3) is 0.200. The molecule has 0 fully saturated rings. The Morgan fingerprint density at radius 1 is 1.35 bits per heavy atom. The van der Waals surface area contributed by atoms with Crippen LogP contribution in [0.3, 0.4) is 0 Å². The molecule has 0 bridgehead atoms. The van der Waals surface area contributed by atoms with E-state index in [9.17, 15) is 9.59 Å². The molecule has 92 valence electrons. The minimum Gasteiger partial charge on any atom is -0.338 e. The smallest absolute Gasteiger partial charge is 0.319 e. The Morgan fingerprint density at radius 3 is 2.47 bits per heavy atom. The molecule has 3 amide bonds. The quantitative estimate of drug-likeness (QED) is 0.330. The molecule has 0 unspecified atom stereocenters. The predicted molar refractivity (Wildman–Crippen MR) is 74.7 cm³/mol. The Balaban J connectivity index is 2.55. The molecule has 17 heavy (non-hydrogen) atoms. The van der Waals surface area contributed by atoms with Crippen LogP contribution in [-0.2, 0) is 4.79 Å². The summed E-state index contributed by atoms with van der Waals surface area (Å²) in [5, 5.41) is 5.30. The Kier molecular flexibility index (Phi) is 5.53. The first-order chi connectivity index (χ1) is 8.15. The third-order valence-corrected chi connectivity index (χ3v) is 2.28. The van der Waals surface area contributed by atoms with E-state index < -0.39 is 0 Å². The maximum atomic E-state index is 11.2. The van der Waals surface area contributed by atoms with Gasteiger partial charge in [0.05, 0.1) is 28.6 Å². The second-order valence-corrected chi connectivity index (χ2v) is 4.13. The standard InChI is InChI=1S/C10H13IN4O2/c1-2-12-10(17)13-8-3-5-9(6-4-8)14-15(11)7-16/h3-7,14H,2H2,1H3,(H2,12,13,17). The van der Waals surface area contributed by atoms with Crippen molar-refractivity contribution >= 4 is 46.7 Å². The summed E-state index contributed by atoms with van der Waals surface area (Å²) in [5.41, 5.74) is 4.27. The van der Waals surface area contributed by atoms with Gasteiger partial charge in [-0.25, -0.2) is 4.79 Å². The molecule has 1 rings (SSSR count). The molecule has 1 aromatic carbocycles. The molecule has 0 spiro atoms. The van der Waals surface area contributed by atoms with Crippen molar-refractivity contribution in [2.75, 3.05) is 17.3 Å². The van der Waals surface area contributed by atoms with Crippen LogP contribution in [0.5, 0.6) is 0 Å². The molecule has 0 saturated heterocycles. The van der Waals surface area contributed by atoms with Gasteiger partial charge in [-0.15, -0.1) is 0 Å². The average Bonchev–Trinajstić information content (AvgIpc) is 2.32. The number of benzene rings is 1. The summed E-state index contributed by atoms with van der Waals surface area (Å²) in [7, 11) is 0. The zero-order valence-corrected chi connectivity index (χ0v) is 11.4. The normalized spacial score (nSPS) is 9.29. The first-order valence-corrected chi connectivity index (χ1v) is 5.94. The van der Waals surface area contributed by atoms with E-state index in [4.69, 9.17) is 0 Å². The topological polar surface area (TPSA) is 73.5 Å². The Labute approximate surface area is 113 Å². The third kappa shape index (κ3) is 4.89. The number of nitrogens with zero attached hydrogens (tertiary/aromatic N) is 1. The van der Waals surface area contributed by atoms with Gasteiger partial charge in [-0.05, 0) is 31.2 Å². The van der Waals surface area contributed by atoms with Gasteiger partial charge in [0.15, 0.2) is 0 Å². The van der Waals surface area contributed by atoms with E-state index in [2.05, 4.69) is 16.1 Å². The number of halogens is 1. The van der Waals surface area contributed by atoms with Crippen molar-refractivity contribution in [3.63, 3.8) is 0 Å². The number of amides is 3. The highest BCUT2D eigenvalue weighted by atomic mass is 127. The zero-order chi connectivity index (χ0) is 12.7. The second-order valence-electron chi connectivity index (χ2n) is 3.09. The van der Waals surface area contributed by atoms with Crippen LogP contribution in [0, 0.1) is 0 Å². The SMILES string of the molecule is CCNC(=O)Nc1ccc(NN(I)C=O)cc1. The van der Waals surface area contributed by atoms with Gasteiger partial charge in [-0.1, -0.05) is 0 Å². The Morgan fingerprint density at radius 2 is 1.94 bits per heavy atom. The number of hydrogen-bond donors (Lipinski definition) is 3. The van der Waals surface area contributed by atoms with Crippen LogP contribution in [0.2, 0.25) is 0 Å². The monoisotopic (exact) mass is 348 g/mol. The van der Waals surface area contributed by atoms with E-state index in [1.807, 2.05) is 29.8 Å². The van der Waals surface area contributed by atoms with Crippen LogP contribution in [0.15, 0.2) is 24.3 Å². The van der Waals surface area contributed by atoms with Crippen molar-refractivity contribution in [2.45, 2.75) is 6.92 Å². The summed E-state index contributed by atoms with van der Waals surface area (Å²) >= 11 is 1.82. The first kappa shape index (κ1) is 13.6. The Bertz CT molecular complexity index is 382. The maximum absolute atomic E-state index is 11.2. The van der Waals surface area contributed by atoms with Gasteiger partial charge < -0.3 is 10.6 Å². The van der Waals surface area contributed by atoms with Gasteiger partial charge in [-0.2, -0.15) is 3.22 Å². The molecule has 0 aliphatic rings. The van der Waals surface area contributed by atoms with Crippen molar-refractivity contribution in [2.24, 2.45) is 0 Å².